The van der Waals surface area contributed by atoms with Gasteiger partial charge in [0.25, 0.3) is 0 Å². The second kappa shape index (κ2) is 6.57. The maximum Gasteiger partial charge on any atom is 0.307 e. The highest BCUT2D eigenvalue weighted by Gasteiger charge is 2.18. The molecule has 0 amide bonds. The van der Waals surface area contributed by atoms with E-state index in [1.165, 1.54) is 6.26 Å². The SMILES string of the molecule is Cc1ccc2c(CC(=O)O)c(C)n(Cc3ccc(S(C)(=O)=O)cc3)c2n1. The molecule has 0 saturated carbocycles. The Bertz CT molecular complexity index is 1100. The van der Waals surface area contributed by atoms with E-state index in [1.807, 2.05) is 30.5 Å². The molecule has 0 aliphatic heterocycles. The van der Waals surface area contributed by atoms with Crippen molar-refractivity contribution in [1.82, 2.24) is 9.55 Å². The molecule has 0 saturated heterocycles. The molecule has 2 aromatic heterocycles. The Hall–Kier alpha value is -2.67. The van der Waals surface area contributed by atoms with E-state index in [1.54, 1.807) is 24.3 Å². The zero-order valence-electron chi connectivity index (χ0n) is 14.9. The van der Waals surface area contributed by atoms with Gasteiger partial charge in [0.1, 0.15) is 5.65 Å². The number of aryl methyl sites for hydroxylation is 1. The maximum absolute atomic E-state index is 11.6. The number of aliphatic carboxylic acids is 1. The van der Waals surface area contributed by atoms with Gasteiger partial charge in [0.15, 0.2) is 9.84 Å². The van der Waals surface area contributed by atoms with Crippen LogP contribution in [0.5, 0.6) is 0 Å². The normalized spacial score (nSPS) is 11.8. The van der Waals surface area contributed by atoms with Crippen LogP contribution in [0.15, 0.2) is 41.3 Å². The highest BCUT2D eigenvalue weighted by Crippen LogP contribution is 2.26. The lowest BCUT2D eigenvalue weighted by molar-refractivity contribution is -0.136. The molecule has 7 heteroatoms. The van der Waals surface area contributed by atoms with Gasteiger partial charge in [0.2, 0.25) is 0 Å². The molecule has 0 unspecified atom stereocenters. The predicted octanol–water partition coefficient (Wildman–Crippen LogP) is 2.73. The van der Waals surface area contributed by atoms with Crippen LogP contribution < -0.4 is 0 Å². The van der Waals surface area contributed by atoms with Crippen LogP contribution in [0.4, 0.5) is 0 Å². The monoisotopic (exact) mass is 372 g/mol. The molecule has 3 rings (SSSR count). The van der Waals surface area contributed by atoms with Crippen LogP contribution >= 0.6 is 0 Å². The third-order valence-electron chi connectivity index (χ3n) is 4.46. The summed E-state index contributed by atoms with van der Waals surface area (Å²) in [4.78, 5) is 16.1. The summed E-state index contributed by atoms with van der Waals surface area (Å²) in [7, 11) is -3.23. The first-order valence-electron chi connectivity index (χ1n) is 8.13. The molecule has 26 heavy (non-hydrogen) atoms. The molecule has 1 N–H and O–H groups in total. The Balaban J connectivity index is 2.08. The number of pyridine rings is 1. The van der Waals surface area contributed by atoms with E-state index in [9.17, 15) is 18.3 Å². The molecular weight excluding hydrogens is 352 g/mol. The van der Waals surface area contributed by atoms with Gasteiger partial charge in [0.05, 0.1) is 11.3 Å². The van der Waals surface area contributed by atoms with Crippen molar-refractivity contribution in [3.05, 3.63) is 58.9 Å². The van der Waals surface area contributed by atoms with Gasteiger partial charge in [-0.15, -0.1) is 0 Å². The van der Waals surface area contributed by atoms with E-state index < -0.39 is 15.8 Å². The fraction of sp³-hybridized carbons (Fsp3) is 0.263. The van der Waals surface area contributed by atoms with Gasteiger partial charge in [-0.1, -0.05) is 12.1 Å². The van der Waals surface area contributed by atoms with Crippen LogP contribution in [0.1, 0.15) is 22.5 Å². The average molecular weight is 372 g/mol. The number of hydrogen-bond acceptors (Lipinski definition) is 4. The fourth-order valence-electron chi connectivity index (χ4n) is 3.09. The van der Waals surface area contributed by atoms with Crippen molar-refractivity contribution in [2.24, 2.45) is 0 Å². The third kappa shape index (κ3) is 3.48. The minimum Gasteiger partial charge on any atom is -0.481 e. The molecule has 1 aromatic carbocycles. The molecule has 6 nitrogen and oxygen atoms in total. The lowest BCUT2D eigenvalue weighted by Gasteiger charge is -2.09. The Morgan fingerprint density at radius 2 is 1.77 bits per heavy atom. The summed E-state index contributed by atoms with van der Waals surface area (Å²) in [6.45, 7) is 4.27. The van der Waals surface area contributed by atoms with E-state index in [4.69, 9.17) is 0 Å². The zero-order valence-corrected chi connectivity index (χ0v) is 15.7. The summed E-state index contributed by atoms with van der Waals surface area (Å²) >= 11 is 0. The molecule has 3 aromatic rings. The molecule has 0 fully saturated rings. The van der Waals surface area contributed by atoms with Crippen molar-refractivity contribution in [3.8, 4) is 0 Å². The van der Waals surface area contributed by atoms with E-state index in [0.29, 0.717) is 6.54 Å². The quantitative estimate of drug-likeness (QED) is 0.744. The van der Waals surface area contributed by atoms with Crippen molar-refractivity contribution >= 4 is 26.8 Å². The smallest absolute Gasteiger partial charge is 0.307 e. The number of carboxylic acid groups (broad SMARTS) is 1. The van der Waals surface area contributed by atoms with Crippen molar-refractivity contribution in [3.63, 3.8) is 0 Å². The highest BCUT2D eigenvalue weighted by atomic mass is 32.2. The number of carboxylic acids is 1. The topological polar surface area (TPSA) is 89.3 Å². The van der Waals surface area contributed by atoms with Gasteiger partial charge >= 0.3 is 5.97 Å². The predicted molar refractivity (Wildman–Crippen MR) is 99.2 cm³/mol. The highest BCUT2D eigenvalue weighted by molar-refractivity contribution is 7.90. The Kier molecular flexibility index (Phi) is 4.58. The average Bonchev–Trinajstić information content (AvgIpc) is 2.79. The molecular formula is C19H20N2O4S. The maximum atomic E-state index is 11.6. The number of sulfone groups is 1. The lowest BCUT2D eigenvalue weighted by Crippen LogP contribution is -2.06. The third-order valence-corrected chi connectivity index (χ3v) is 5.59. The van der Waals surface area contributed by atoms with Crippen molar-refractivity contribution in [2.75, 3.05) is 6.26 Å². The molecule has 2 heterocycles. The van der Waals surface area contributed by atoms with Crippen LogP contribution in [0.25, 0.3) is 11.0 Å². The van der Waals surface area contributed by atoms with Crippen LogP contribution in [-0.2, 0) is 27.6 Å². The number of carbonyl (C=O) groups is 1. The van der Waals surface area contributed by atoms with E-state index in [2.05, 4.69) is 4.98 Å². The van der Waals surface area contributed by atoms with Gasteiger partial charge in [-0.3, -0.25) is 4.79 Å². The first-order valence-corrected chi connectivity index (χ1v) is 10.0. The van der Waals surface area contributed by atoms with Gasteiger partial charge in [0, 0.05) is 29.6 Å². The molecule has 0 spiro atoms. The number of aromatic nitrogens is 2. The van der Waals surface area contributed by atoms with Crippen LogP contribution in [0.3, 0.4) is 0 Å². The van der Waals surface area contributed by atoms with Crippen LogP contribution in [-0.4, -0.2) is 35.3 Å². The van der Waals surface area contributed by atoms with E-state index >= 15 is 0 Å². The van der Waals surface area contributed by atoms with Gasteiger partial charge < -0.3 is 9.67 Å². The Labute approximate surface area is 152 Å². The molecule has 0 aliphatic rings. The second-order valence-corrected chi connectivity index (χ2v) is 8.48. The Morgan fingerprint density at radius 1 is 1.12 bits per heavy atom. The first-order chi connectivity index (χ1) is 12.2. The van der Waals surface area contributed by atoms with Crippen LogP contribution in [0.2, 0.25) is 0 Å². The van der Waals surface area contributed by atoms with Gasteiger partial charge in [-0.05, 0) is 49.2 Å². The number of hydrogen-bond donors (Lipinski definition) is 1. The lowest BCUT2D eigenvalue weighted by atomic mass is 10.1. The van der Waals surface area contributed by atoms with Crippen molar-refractivity contribution in [2.45, 2.75) is 31.7 Å². The molecule has 0 bridgehead atoms. The largest absolute Gasteiger partial charge is 0.481 e. The number of fused-ring (bicyclic) bond motifs is 1. The number of nitrogens with zero attached hydrogens (tertiary/aromatic N) is 2. The summed E-state index contributed by atoms with van der Waals surface area (Å²) in [6.07, 6.45) is 1.11. The van der Waals surface area contributed by atoms with E-state index in [-0.39, 0.29) is 11.3 Å². The van der Waals surface area contributed by atoms with Crippen LogP contribution in [0, 0.1) is 13.8 Å². The number of benzene rings is 1. The van der Waals surface area contributed by atoms with E-state index in [0.717, 1.165) is 33.5 Å². The second-order valence-electron chi connectivity index (χ2n) is 6.46. The summed E-state index contributed by atoms with van der Waals surface area (Å²) in [5, 5.41) is 10.1. The summed E-state index contributed by atoms with van der Waals surface area (Å²) in [5.41, 5.74) is 4.12. The van der Waals surface area contributed by atoms with Crippen molar-refractivity contribution in [1.29, 1.82) is 0 Å². The van der Waals surface area contributed by atoms with Gasteiger partial charge in [-0.2, -0.15) is 0 Å². The summed E-state index contributed by atoms with van der Waals surface area (Å²) < 4.78 is 25.2. The Morgan fingerprint density at radius 3 is 2.35 bits per heavy atom. The zero-order chi connectivity index (χ0) is 19.1. The summed E-state index contributed by atoms with van der Waals surface area (Å²) in [6, 6.07) is 10.5. The molecule has 0 atom stereocenters. The van der Waals surface area contributed by atoms with Crippen molar-refractivity contribution < 1.29 is 18.3 Å². The molecule has 0 radical (unpaired) electrons. The van der Waals surface area contributed by atoms with Gasteiger partial charge in [-0.25, -0.2) is 13.4 Å². The minimum atomic E-state index is -3.23. The molecule has 0 aliphatic carbocycles. The minimum absolute atomic E-state index is 0.0624. The summed E-state index contributed by atoms with van der Waals surface area (Å²) in [5.74, 6) is -0.884. The first kappa shape index (κ1) is 18.1. The number of rotatable bonds is 5. The fourth-order valence-corrected chi connectivity index (χ4v) is 3.72. The molecule has 136 valence electrons. The standard InChI is InChI=1S/C19H20N2O4S/c1-12-4-9-16-17(10-18(22)23)13(2)21(19(16)20-12)11-14-5-7-15(8-6-14)26(3,24)25/h4-9H,10-11H2,1-3H3,(H,22,23).